The van der Waals surface area contributed by atoms with Gasteiger partial charge in [-0.05, 0) is 24.6 Å². The molecule has 0 unspecified atom stereocenters. The van der Waals surface area contributed by atoms with Gasteiger partial charge in [-0.3, -0.25) is 9.59 Å². The Kier molecular flexibility index (Phi) is 5.73. The molecule has 0 atom stereocenters. The first-order chi connectivity index (χ1) is 12.7. The van der Waals surface area contributed by atoms with Gasteiger partial charge in [-0.15, -0.1) is 0 Å². The molecule has 2 aromatic rings. The quantitative estimate of drug-likeness (QED) is 0.667. The van der Waals surface area contributed by atoms with Gasteiger partial charge in [-0.2, -0.15) is 0 Å². The van der Waals surface area contributed by atoms with Crippen LogP contribution in [0.25, 0.3) is 0 Å². The van der Waals surface area contributed by atoms with Crippen LogP contribution >= 0.6 is 0 Å². The summed E-state index contributed by atoms with van der Waals surface area (Å²) < 4.78 is 17.2. The number of carbonyl (C=O) groups excluding carboxylic acids is 2. The third-order valence-electron chi connectivity index (χ3n) is 4.12. The van der Waals surface area contributed by atoms with Gasteiger partial charge in [0.05, 0.1) is 19.9 Å². The van der Waals surface area contributed by atoms with Gasteiger partial charge in [-0.1, -0.05) is 0 Å². The van der Waals surface area contributed by atoms with Gasteiger partial charge in [0.1, 0.15) is 0 Å². The van der Waals surface area contributed by atoms with Gasteiger partial charge in [0.25, 0.3) is 5.91 Å². The van der Waals surface area contributed by atoms with Crippen molar-refractivity contribution in [2.45, 2.75) is 19.4 Å². The van der Waals surface area contributed by atoms with Crippen molar-refractivity contribution < 1.29 is 23.8 Å². The van der Waals surface area contributed by atoms with Gasteiger partial charge in [0.15, 0.2) is 11.5 Å². The Morgan fingerprint density at radius 2 is 2.12 bits per heavy atom. The van der Waals surface area contributed by atoms with E-state index in [0.29, 0.717) is 30.2 Å². The summed E-state index contributed by atoms with van der Waals surface area (Å²) in [5.74, 6) is 0.686. The largest absolute Gasteiger partial charge is 0.469 e. The molecule has 2 heterocycles. The first kappa shape index (κ1) is 17.8. The summed E-state index contributed by atoms with van der Waals surface area (Å²) >= 11 is 0. The lowest BCUT2D eigenvalue weighted by Gasteiger charge is -2.22. The van der Waals surface area contributed by atoms with Gasteiger partial charge >= 0.3 is 5.97 Å². The number of aromatic nitrogens is 2. The minimum absolute atomic E-state index is 0.151. The molecule has 0 spiro atoms. The van der Waals surface area contributed by atoms with E-state index < -0.39 is 0 Å². The van der Waals surface area contributed by atoms with Gasteiger partial charge < -0.3 is 23.7 Å². The lowest BCUT2D eigenvalue weighted by Crippen LogP contribution is -2.34. The maximum absolute atomic E-state index is 12.9. The smallest absolute Gasteiger partial charge is 0.307 e. The Hall–Kier alpha value is -3.03. The van der Waals surface area contributed by atoms with Crippen molar-refractivity contribution in [2.24, 2.45) is 0 Å². The zero-order valence-corrected chi connectivity index (χ0v) is 14.6. The van der Waals surface area contributed by atoms with E-state index in [1.54, 1.807) is 35.6 Å². The lowest BCUT2D eigenvalue weighted by atomic mass is 10.1. The molecular weight excluding hydrogens is 338 g/mol. The summed E-state index contributed by atoms with van der Waals surface area (Å²) in [6.45, 7) is 1.71. The van der Waals surface area contributed by atoms with Crippen molar-refractivity contribution in [1.29, 1.82) is 0 Å². The van der Waals surface area contributed by atoms with E-state index in [1.165, 1.54) is 7.11 Å². The molecule has 1 aromatic heterocycles. The summed E-state index contributed by atoms with van der Waals surface area (Å²) in [4.78, 5) is 30.0. The number of hydrogen-bond acceptors (Lipinski definition) is 6. The fraction of sp³-hybridized carbons (Fsp3) is 0.389. The molecule has 3 rings (SSSR count). The number of amides is 1. The first-order valence-electron chi connectivity index (χ1n) is 8.39. The second-order valence-corrected chi connectivity index (χ2v) is 5.84. The number of benzene rings is 1. The zero-order valence-electron chi connectivity index (χ0n) is 14.6. The summed E-state index contributed by atoms with van der Waals surface area (Å²) in [5.41, 5.74) is 0.502. The van der Waals surface area contributed by atoms with Gasteiger partial charge in [0.2, 0.25) is 6.79 Å². The number of nitrogens with zero attached hydrogens (tertiary/aromatic N) is 3. The molecule has 0 bridgehead atoms. The first-order valence-corrected chi connectivity index (χ1v) is 8.39. The van der Waals surface area contributed by atoms with Crippen molar-refractivity contribution >= 4 is 11.9 Å². The van der Waals surface area contributed by atoms with Crippen LogP contribution in [-0.4, -0.2) is 53.3 Å². The molecule has 26 heavy (non-hydrogen) atoms. The predicted molar refractivity (Wildman–Crippen MR) is 91.9 cm³/mol. The zero-order chi connectivity index (χ0) is 18.4. The number of carbonyl (C=O) groups is 2. The van der Waals surface area contributed by atoms with Crippen molar-refractivity contribution in [1.82, 2.24) is 14.5 Å². The van der Waals surface area contributed by atoms with Crippen LogP contribution in [-0.2, 0) is 16.1 Å². The summed E-state index contributed by atoms with van der Waals surface area (Å²) in [6, 6.07) is 5.10. The highest BCUT2D eigenvalue weighted by Gasteiger charge is 2.21. The number of ether oxygens (including phenoxy) is 3. The van der Waals surface area contributed by atoms with Crippen LogP contribution in [0, 0.1) is 0 Å². The standard InChI is InChI=1S/C18H21N3O5/c1-24-17(22)5-9-21(8-2-7-20-10-6-19-12-20)18(23)14-3-4-15-16(11-14)26-13-25-15/h3-4,6,10-12H,2,5,7-9,13H2,1H3. The Balaban J connectivity index is 1.66. The maximum atomic E-state index is 12.9. The van der Waals surface area contributed by atoms with E-state index >= 15 is 0 Å². The normalized spacial score (nSPS) is 12.0. The molecule has 1 aliphatic heterocycles. The molecule has 1 amide bonds. The van der Waals surface area contributed by atoms with E-state index in [2.05, 4.69) is 9.72 Å². The number of esters is 1. The summed E-state index contributed by atoms with van der Waals surface area (Å²) in [6.07, 6.45) is 6.22. The highest BCUT2D eigenvalue weighted by atomic mass is 16.7. The second-order valence-electron chi connectivity index (χ2n) is 5.84. The molecule has 0 aliphatic carbocycles. The van der Waals surface area contributed by atoms with Crippen LogP contribution in [0.15, 0.2) is 36.9 Å². The molecule has 0 N–H and O–H groups in total. The fourth-order valence-electron chi connectivity index (χ4n) is 2.72. The molecule has 8 heteroatoms. The predicted octanol–water partition coefficient (Wildman–Crippen LogP) is 1.71. The van der Waals surface area contributed by atoms with Crippen LogP contribution in [0.3, 0.4) is 0 Å². The number of aryl methyl sites for hydroxylation is 1. The monoisotopic (exact) mass is 359 g/mol. The Morgan fingerprint density at radius 3 is 2.88 bits per heavy atom. The Morgan fingerprint density at radius 1 is 1.27 bits per heavy atom. The van der Waals surface area contributed by atoms with Crippen LogP contribution in [0.1, 0.15) is 23.2 Å². The SMILES string of the molecule is COC(=O)CCN(CCCn1ccnc1)C(=O)c1ccc2c(c1)OCO2. The van der Waals surface area contributed by atoms with Crippen LogP contribution in [0.4, 0.5) is 0 Å². The fourth-order valence-corrected chi connectivity index (χ4v) is 2.72. The molecule has 1 aromatic carbocycles. The maximum Gasteiger partial charge on any atom is 0.307 e. The minimum atomic E-state index is -0.344. The minimum Gasteiger partial charge on any atom is -0.469 e. The molecule has 8 nitrogen and oxygen atoms in total. The van der Waals surface area contributed by atoms with Crippen molar-refractivity contribution in [3.05, 3.63) is 42.5 Å². The molecule has 0 radical (unpaired) electrons. The summed E-state index contributed by atoms with van der Waals surface area (Å²) in [7, 11) is 1.34. The van der Waals surface area contributed by atoms with E-state index in [9.17, 15) is 9.59 Å². The molecule has 0 fully saturated rings. The Labute approximate surface area is 151 Å². The van der Waals surface area contributed by atoms with E-state index in [4.69, 9.17) is 9.47 Å². The van der Waals surface area contributed by atoms with Gasteiger partial charge in [-0.25, -0.2) is 4.98 Å². The Bertz CT molecular complexity index is 760. The van der Waals surface area contributed by atoms with Crippen LogP contribution in [0.5, 0.6) is 11.5 Å². The average Bonchev–Trinajstić information content (AvgIpc) is 3.34. The third-order valence-corrected chi connectivity index (χ3v) is 4.12. The van der Waals surface area contributed by atoms with Crippen LogP contribution in [0.2, 0.25) is 0 Å². The van der Waals surface area contributed by atoms with Crippen molar-refractivity contribution in [3.8, 4) is 11.5 Å². The van der Waals surface area contributed by atoms with E-state index in [-0.39, 0.29) is 25.1 Å². The molecule has 0 saturated carbocycles. The van der Waals surface area contributed by atoms with Crippen molar-refractivity contribution in [2.75, 3.05) is 27.0 Å². The van der Waals surface area contributed by atoms with E-state index in [0.717, 1.165) is 13.0 Å². The molecule has 138 valence electrons. The molecule has 1 aliphatic rings. The highest BCUT2D eigenvalue weighted by Crippen LogP contribution is 2.32. The number of imidazole rings is 1. The van der Waals surface area contributed by atoms with E-state index in [1.807, 2.05) is 10.8 Å². The van der Waals surface area contributed by atoms with Crippen molar-refractivity contribution in [3.63, 3.8) is 0 Å². The second kappa shape index (κ2) is 8.37. The number of hydrogen-bond donors (Lipinski definition) is 0. The highest BCUT2D eigenvalue weighted by molar-refractivity contribution is 5.95. The topological polar surface area (TPSA) is 82.9 Å². The number of fused-ring (bicyclic) bond motifs is 1. The number of methoxy groups -OCH3 is 1. The van der Waals surface area contributed by atoms with Gasteiger partial charge in [0, 0.05) is 37.6 Å². The lowest BCUT2D eigenvalue weighted by molar-refractivity contribution is -0.140. The average molecular weight is 359 g/mol. The number of rotatable bonds is 8. The molecular formula is C18H21N3O5. The summed E-state index contributed by atoms with van der Waals surface area (Å²) in [5, 5.41) is 0. The molecule has 0 saturated heterocycles. The third kappa shape index (κ3) is 4.33. The van der Waals surface area contributed by atoms with Crippen LogP contribution < -0.4 is 9.47 Å².